The third kappa shape index (κ3) is 9.76. The van der Waals surface area contributed by atoms with E-state index in [4.69, 9.17) is 34.8 Å². The number of nitrogens with one attached hydrogen (secondary N) is 4. The smallest absolute Gasteiger partial charge is 0.282 e. The first-order valence-corrected chi connectivity index (χ1v) is 26.8. The number of hydrogen-bond acceptors (Lipinski definition) is 12. The Morgan fingerprint density at radius 3 is 1.26 bits per heavy atom. The predicted molar refractivity (Wildman–Crippen MR) is 328 cm³/mol. The highest BCUT2D eigenvalue weighted by molar-refractivity contribution is 6.32. The highest BCUT2D eigenvalue weighted by Crippen LogP contribution is 2.28. The molecule has 23 heteroatoms. The molecule has 0 radical (unpaired) electrons. The second-order valence-electron chi connectivity index (χ2n) is 19.0. The Bertz CT molecular complexity index is 5030. The second kappa shape index (κ2) is 21.9. The summed E-state index contributed by atoms with van der Waals surface area (Å²) in [4.78, 5) is 83.5. The molecule has 0 bridgehead atoms. The molecule has 0 amide bonds. The molecule has 16 rings (SSSR count). The molecule has 16 aromatic rings. The summed E-state index contributed by atoms with van der Waals surface area (Å²) in [6.45, 7) is 2.01. The fourth-order valence-electron chi connectivity index (χ4n) is 9.71. The average Bonchev–Trinajstić information content (AvgIpc) is 3.31. The Labute approximate surface area is 485 Å². The number of nitrogens with zero attached hydrogens (tertiary/aromatic N) is 12. The first-order valence-electron chi connectivity index (χ1n) is 25.7. The van der Waals surface area contributed by atoms with Gasteiger partial charge in [0.25, 0.3) is 22.2 Å². The van der Waals surface area contributed by atoms with Gasteiger partial charge in [0, 0.05) is 92.4 Å². The van der Waals surface area contributed by atoms with E-state index < -0.39 is 0 Å². The van der Waals surface area contributed by atoms with Gasteiger partial charge in [-0.05, 0) is 110 Å². The van der Waals surface area contributed by atoms with Crippen molar-refractivity contribution in [2.75, 3.05) is 0 Å². The SMILES string of the molecule is Cc1ccc2c(c1)ncc1c(=O)n(-c3cnccn3)[nH]c12.O=c1c2cnc3ccc(Cl)cc3c2[nH]n1-c1ccccc1.O=c1c2cnc3ccc(Cl)cc3c2[nH]n1-c1ccccn1.O=c1c2cnc3ccc(Cl)cc3c2[nH]n1-c1ccncc1. The molecule has 0 unspecified atom stereocenters. The molecule has 0 saturated heterocycles. The van der Waals surface area contributed by atoms with Crippen LogP contribution in [0.3, 0.4) is 0 Å². The molecular formula is C61H39Cl3N16O4. The van der Waals surface area contributed by atoms with Crippen molar-refractivity contribution in [1.29, 1.82) is 0 Å². The summed E-state index contributed by atoms with van der Waals surface area (Å²) >= 11 is 18.1. The molecule has 0 fully saturated rings. The first kappa shape index (κ1) is 52.4. The number of halogens is 3. The van der Waals surface area contributed by atoms with E-state index >= 15 is 0 Å². The van der Waals surface area contributed by atoms with E-state index in [-0.39, 0.29) is 22.2 Å². The zero-order valence-corrected chi connectivity index (χ0v) is 45.9. The van der Waals surface area contributed by atoms with Crippen LogP contribution in [0.1, 0.15) is 5.56 Å². The van der Waals surface area contributed by atoms with Crippen molar-refractivity contribution in [2.45, 2.75) is 6.92 Å². The van der Waals surface area contributed by atoms with Crippen LogP contribution in [-0.2, 0) is 0 Å². The molecule has 0 aliphatic carbocycles. The minimum Gasteiger partial charge on any atom is -0.290 e. The van der Waals surface area contributed by atoms with Crippen LogP contribution >= 0.6 is 34.8 Å². The van der Waals surface area contributed by atoms with Gasteiger partial charge < -0.3 is 0 Å². The van der Waals surface area contributed by atoms with Crippen LogP contribution in [0, 0.1) is 6.92 Å². The molecule has 408 valence electrons. The van der Waals surface area contributed by atoms with Crippen molar-refractivity contribution in [2.24, 2.45) is 0 Å². The van der Waals surface area contributed by atoms with E-state index in [1.165, 1.54) is 24.9 Å². The number of hydrogen-bond donors (Lipinski definition) is 4. The van der Waals surface area contributed by atoms with Gasteiger partial charge in [-0.25, -0.2) is 24.0 Å². The Balaban J connectivity index is 0.000000104. The summed E-state index contributed by atoms with van der Waals surface area (Å²) < 4.78 is 5.80. The van der Waals surface area contributed by atoms with Gasteiger partial charge in [0.1, 0.15) is 0 Å². The van der Waals surface area contributed by atoms with E-state index in [2.05, 4.69) is 60.3 Å². The number of H-pyrrole nitrogens is 4. The predicted octanol–water partition coefficient (Wildman–Crippen LogP) is 11.3. The summed E-state index contributed by atoms with van der Waals surface area (Å²) in [5.41, 5.74) is 8.17. The third-order valence-corrected chi connectivity index (χ3v) is 14.4. The Hall–Kier alpha value is -10.9. The molecule has 0 saturated carbocycles. The first-order chi connectivity index (χ1) is 40.9. The van der Waals surface area contributed by atoms with Gasteiger partial charge in [-0.1, -0.05) is 71.2 Å². The van der Waals surface area contributed by atoms with Crippen LogP contribution in [0.15, 0.2) is 215 Å². The minimum absolute atomic E-state index is 0.120. The standard InChI is InChI=1S/C16H10ClN3O.2C15H9ClN4O.C15H11N5O/c17-10-6-7-14-12(8-10)15-13(9-18-14)16(21)20(19-15)11-4-2-1-3-5-11;16-9-1-2-13-11(7-9)14-12(8-18-13)15(21)20(19-14)10-3-5-17-6-4-10;16-9-4-5-12-10(7-9)14-11(8-18-12)15(21)20(19-14)13-3-1-2-6-17-13;1-9-2-3-10-12(6-9)18-7-11-14(10)19-20(15(11)21)13-8-16-4-5-17-13/h1-9,19H;2*1-8,19H;2-8,19H,1H3. The summed E-state index contributed by atoms with van der Waals surface area (Å²) in [7, 11) is 0. The lowest BCUT2D eigenvalue weighted by atomic mass is 10.1. The molecule has 11 aromatic heterocycles. The van der Waals surface area contributed by atoms with Crippen molar-refractivity contribution in [1.82, 2.24) is 79.0 Å². The molecule has 0 spiro atoms. The van der Waals surface area contributed by atoms with Crippen molar-refractivity contribution in [3.63, 3.8) is 0 Å². The van der Waals surface area contributed by atoms with E-state index in [1.807, 2.05) is 85.8 Å². The van der Waals surface area contributed by atoms with Gasteiger partial charge in [0.15, 0.2) is 11.6 Å². The molecule has 0 aliphatic rings. The highest BCUT2D eigenvalue weighted by atomic mass is 35.5. The van der Waals surface area contributed by atoms with Gasteiger partial charge in [-0.15, -0.1) is 0 Å². The van der Waals surface area contributed by atoms with Crippen molar-refractivity contribution >= 4 is 122 Å². The number of para-hydroxylation sites is 1. The Kier molecular flexibility index (Phi) is 13.6. The number of rotatable bonds is 4. The van der Waals surface area contributed by atoms with Crippen LogP contribution in [0.25, 0.3) is 110 Å². The van der Waals surface area contributed by atoms with Crippen molar-refractivity contribution in [3.05, 3.63) is 257 Å². The molecule has 0 atom stereocenters. The fourth-order valence-corrected chi connectivity index (χ4v) is 10.2. The number of fused-ring (bicyclic) bond motifs is 12. The van der Waals surface area contributed by atoms with Crippen LogP contribution in [0.2, 0.25) is 15.1 Å². The van der Waals surface area contributed by atoms with Crippen molar-refractivity contribution < 1.29 is 0 Å². The molecule has 84 heavy (non-hydrogen) atoms. The fraction of sp³-hybridized carbons (Fsp3) is 0.0164. The quantitative estimate of drug-likeness (QED) is 0.128. The normalized spacial score (nSPS) is 11.3. The minimum atomic E-state index is -0.182. The molecule has 11 heterocycles. The Morgan fingerprint density at radius 1 is 0.333 bits per heavy atom. The van der Waals surface area contributed by atoms with Crippen LogP contribution < -0.4 is 22.2 Å². The lowest BCUT2D eigenvalue weighted by Crippen LogP contribution is -2.15. The molecule has 20 nitrogen and oxygen atoms in total. The molecule has 4 N–H and O–H groups in total. The largest absolute Gasteiger partial charge is 0.290 e. The monoisotopic (exact) mass is 1160 g/mol. The summed E-state index contributed by atoms with van der Waals surface area (Å²) in [6.07, 6.45) is 15.9. The lowest BCUT2D eigenvalue weighted by Gasteiger charge is -2.00. The maximum absolute atomic E-state index is 12.5. The highest BCUT2D eigenvalue weighted by Gasteiger charge is 2.17. The van der Waals surface area contributed by atoms with E-state index in [0.29, 0.717) is 53.8 Å². The zero-order chi connectivity index (χ0) is 57.6. The van der Waals surface area contributed by atoms with Gasteiger partial charge in [-0.3, -0.25) is 69.5 Å². The number of aryl methyl sites for hydroxylation is 1. The van der Waals surface area contributed by atoms with E-state index in [9.17, 15) is 19.2 Å². The van der Waals surface area contributed by atoms with Crippen LogP contribution in [0.5, 0.6) is 0 Å². The van der Waals surface area contributed by atoms with Crippen LogP contribution in [-0.4, -0.2) is 79.0 Å². The number of aromatic nitrogens is 16. The number of aromatic amines is 4. The maximum Gasteiger partial charge on any atom is 0.282 e. The van der Waals surface area contributed by atoms with E-state index in [0.717, 1.165) is 77.1 Å². The maximum atomic E-state index is 12.5. The third-order valence-electron chi connectivity index (χ3n) is 13.7. The molecule has 5 aromatic carbocycles. The average molecular weight is 1170 g/mol. The van der Waals surface area contributed by atoms with Gasteiger partial charge in [0.2, 0.25) is 0 Å². The summed E-state index contributed by atoms with van der Waals surface area (Å²) in [5, 5.41) is 19.8. The molecule has 0 aliphatic heterocycles. The van der Waals surface area contributed by atoms with E-state index in [1.54, 1.807) is 110 Å². The summed E-state index contributed by atoms with van der Waals surface area (Å²) in [6, 6.07) is 40.6. The Morgan fingerprint density at radius 2 is 0.774 bits per heavy atom. The number of benzene rings is 5. The van der Waals surface area contributed by atoms with Gasteiger partial charge >= 0.3 is 0 Å². The van der Waals surface area contributed by atoms with Gasteiger partial charge in [0.05, 0.1) is 83.3 Å². The lowest BCUT2D eigenvalue weighted by molar-refractivity contribution is 0.823. The zero-order valence-electron chi connectivity index (χ0n) is 43.6. The van der Waals surface area contributed by atoms with Crippen molar-refractivity contribution in [3.8, 4) is 23.0 Å². The van der Waals surface area contributed by atoms with Crippen LogP contribution in [0.4, 0.5) is 0 Å². The van der Waals surface area contributed by atoms with Gasteiger partial charge in [-0.2, -0.15) is 4.68 Å². The number of pyridine rings is 6. The summed E-state index contributed by atoms with van der Waals surface area (Å²) in [5.74, 6) is 0.993. The second-order valence-corrected chi connectivity index (χ2v) is 20.3. The molecular weight excluding hydrogens is 1130 g/mol. The topological polar surface area (TPSA) is 254 Å².